The number of hydrogen-bond donors (Lipinski definition) is 6. The van der Waals surface area contributed by atoms with Gasteiger partial charge >= 0.3 is 23.5 Å². The van der Waals surface area contributed by atoms with Crippen LogP contribution in [-0.4, -0.2) is 46.6 Å². The van der Waals surface area contributed by atoms with E-state index in [1.165, 1.54) is 6.92 Å². The van der Waals surface area contributed by atoms with Crippen molar-refractivity contribution in [3.8, 4) is 0 Å². The number of rotatable bonds is 7. The molecule has 1 saturated heterocycles. The summed E-state index contributed by atoms with van der Waals surface area (Å²) in [5, 5.41) is 10.2. The number of aromatic amines is 1. The van der Waals surface area contributed by atoms with E-state index in [2.05, 4.69) is 30.3 Å². The molecule has 29 heavy (non-hydrogen) atoms. The molecule has 3 unspecified atom stereocenters. The topological polar surface area (TPSA) is 210 Å². The van der Waals surface area contributed by atoms with E-state index in [9.17, 15) is 28.1 Å². The van der Waals surface area contributed by atoms with Crippen molar-refractivity contribution in [2.24, 2.45) is 5.92 Å². The summed E-state index contributed by atoms with van der Waals surface area (Å²) in [6.07, 6.45) is -3.95. The first-order chi connectivity index (χ1) is 13.0. The molecule has 0 radical (unpaired) electrons. The van der Waals surface area contributed by atoms with Crippen LogP contribution in [0.1, 0.15) is 13.2 Å². The third-order valence-corrected chi connectivity index (χ3v) is 7.80. The number of aliphatic hydroxyl groups excluding tert-OH is 1. The summed E-state index contributed by atoms with van der Waals surface area (Å²) in [6.45, 7) is 1.39. The SMILES string of the molecule is CC1[C@@H](O)[C@@H](OP(=O)(O)OP(=O)(O)OP(=O)(O)O)O[C@H]1n1cc(F)c(=S)[nH]c1=S. The lowest BCUT2D eigenvalue weighted by Crippen LogP contribution is -2.27. The molecule has 1 fully saturated rings. The summed E-state index contributed by atoms with van der Waals surface area (Å²) in [6, 6.07) is 0. The zero-order chi connectivity index (χ0) is 22.4. The number of nitrogens with zero attached hydrogens (tertiary/aromatic N) is 1. The third-order valence-electron chi connectivity index (χ3n) is 3.39. The Kier molecular flexibility index (Phi) is 7.54. The molecular formula is C9H14FN2O12P3S2. The van der Waals surface area contributed by atoms with Crippen LogP contribution in [-0.2, 0) is 31.6 Å². The minimum Gasteiger partial charge on any atom is -0.387 e. The Hall–Kier alpha value is -0.220. The van der Waals surface area contributed by atoms with Gasteiger partial charge in [-0.1, -0.05) is 19.1 Å². The maximum atomic E-state index is 13.7. The van der Waals surface area contributed by atoms with Crippen molar-refractivity contribution in [2.75, 3.05) is 0 Å². The van der Waals surface area contributed by atoms with Crippen LogP contribution in [0, 0.1) is 21.1 Å². The van der Waals surface area contributed by atoms with Crippen molar-refractivity contribution in [1.82, 2.24) is 9.55 Å². The van der Waals surface area contributed by atoms with Crippen LogP contribution in [0.5, 0.6) is 0 Å². The van der Waals surface area contributed by atoms with Gasteiger partial charge in [-0.25, -0.2) is 18.1 Å². The molecule has 1 aliphatic heterocycles. The Morgan fingerprint density at radius 2 is 1.76 bits per heavy atom. The number of phosphoric ester groups is 1. The second-order valence-corrected chi connectivity index (χ2v) is 10.8. The van der Waals surface area contributed by atoms with E-state index in [0.29, 0.717) is 0 Å². The van der Waals surface area contributed by atoms with Crippen molar-refractivity contribution in [2.45, 2.75) is 25.5 Å². The quantitative estimate of drug-likeness (QED) is 0.224. The molecule has 0 bridgehead atoms. The van der Waals surface area contributed by atoms with Gasteiger partial charge in [0.05, 0.1) is 0 Å². The first-order valence-corrected chi connectivity index (χ1v) is 12.5. The van der Waals surface area contributed by atoms with Gasteiger partial charge in [-0.05, 0) is 12.2 Å². The fourth-order valence-electron chi connectivity index (χ4n) is 2.24. The van der Waals surface area contributed by atoms with E-state index in [0.717, 1.165) is 10.8 Å². The van der Waals surface area contributed by atoms with Gasteiger partial charge in [0.2, 0.25) is 0 Å². The predicted octanol–water partition coefficient (Wildman–Crippen LogP) is 1.61. The van der Waals surface area contributed by atoms with Gasteiger partial charge in [-0.15, -0.1) is 0 Å². The van der Waals surface area contributed by atoms with Crippen molar-refractivity contribution in [3.63, 3.8) is 0 Å². The van der Waals surface area contributed by atoms with E-state index in [4.69, 9.17) is 31.6 Å². The Morgan fingerprint density at radius 1 is 1.17 bits per heavy atom. The van der Waals surface area contributed by atoms with Gasteiger partial charge in [-0.2, -0.15) is 8.62 Å². The van der Waals surface area contributed by atoms with Crippen LogP contribution in [0.3, 0.4) is 0 Å². The van der Waals surface area contributed by atoms with Gasteiger partial charge in [0, 0.05) is 12.1 Å². The molecule has 2 rings (SSSR count). The number of phosphoric acid groups is 3. The lowest BCUT2D eigenvalue weighted by Gasteiger charge is -2.21. The highest BCUT2D eigenvalue weighted by Crippen LogP contribution is 2.67. The Balaban J connectivity index is 2.20. The van der Waals surface area contributed by atoms with Gasteiger partial charge in [0.25, 0.3) is 0 Å². The Labute approximate surface area is 171 Å². The van der Waals surface area contributed by atoms with Crippen LogP contribution in [0.4, 0.5) is 4.39 Å². The van der Waals surface area contributed by atoms with Gasteiger partial charge < -0.3 is 34.4 Å². The number of aliphatic hydroxyl groups is 1. The molecule has 1 aromatic rings. The number of nitrogens with one attached hydrogen (secondary N) is 1. The second-order valence-electron chi connectivity index (χ2n) is 5.58. The summed E-state index contributed by atoms with van der Waals surface area (Å²) in [4.78, 5) is 38.0. The smallest absolute Gasteiger partial charge is 0.387 e. The van der Waals surface area contributed by atoms with E-state index in [1.807, 2.05) is 0 Å². The van der Waals surface area contributed by atoms with Crippen molar-refractivity contribution in [1.29, 1.82) is 0 Å². The summed E-state index contributed by atoms with van der Waals surface area (Å²) in [5.74, 6) is -1.79. The van der Waals surface area contributed by atoms with Crippen LogP contribution < -0.4 is 0 Å². The second kappa shape index (κ2) is 8.73. The lowest BCUT2D eigenvalue weighted by atomic mass is 10.1. The third kappa shape index (κ3) is 6.63. The largest absolute Gasteiger partial charge is 0.490 e. The first kappa shape index (κ1) is 25.0. The van der Waals surface area contributed by atoms with Crippen LogP contribution in [0.25, 0.3) is 0 Å². The number of aromatic nitrogens is 2. The molecular weight excluding hydrogens is 504 g/mol. The molecule has 6 N–H and O–H groups in total. The molecule has 166 valence electrons. The summed E-state index contributed by atoms with van der Waals surface area (Å²) in [5.41, 5.74) is 0. The number of hydrogen-bond acceptors (Lipinski definition) is 10. The number of H-pyrrole nitrogens is 1. The molecule has 6 atom stereocenters. The zero-order valence-corrected chi connectivity index (χ0v) is 18.3. The standard InChI is InChI=1S/C9H14FN2O12P3S2/c1-3-5(13)8(21-7(3)12-2-4(10)6(28)11-9(12)29)22-26(17,18)24-27(19,20)23-25(14,15)16/h2-3,5,7-8,13H,1H3,(H,17,18)(H,19,20)(H,11,28,29)(H2,14,15,16)/t3?,5-,7-,8-/m1/s1. The monoisotopic (exact) mass is 518 g/mol. The maximum absolute atomic E-state index is 13.7. The van der Waals surface area contributed by atoms with Crippen LogP contribution >= 0.6 is 47.9 Å². The van der Waals surface area contributed by atoms with Gasteiger partial charge in [0.15, 0.2) is 16.9 Å². The molecule has 0 aromatic carbocycles. The highest BCUT2D eigenvalue weighted by Gasteiger charge is 2.49. The average Bonchev–Trinajstić information content (AvgIpc) is 2.75. The number of ether oxygens (including phenoxy) is 1. The van der Waals surface area contributed by atoms with Crippen molar-refractivity contribution < 1.29 is 60.6 Å². The minimum absolute atomic E-state index is 0.112. The Bertz CT molecular complexity index is 1040. The van der Waals surface area contributed by atoms with Gasteiger partial charge in [0.1, 0.15) is 17.0 Å². The zero-order valence-electron chi connectivity index (χ0n) is 14.0. The molecule has 20 heteroatoms. The molecule has 0 saturated carbocycles. The first-order valence-electron chi connectivity index (χ1n) is 7.18. The van der Waals surface area contributed by atoms with E-state index < -0.39 is 53.8 Å². The minimum atomic E-state index is -5.75. The number of halogens is 1. The Morgan fingerprint density at radius 3 is 2.31 bits per heavy atom. The van der Waals surface area contributed by atoms with E-state index in [-0.39, 0.29) is 9.41 Å². The van der Waals surface area contributed by atoms with E-state index in [1.54, 1.807) is 0 Å². The molecule has 14 nitrogen and oxygen atoms in total. The molecule has 1 aliphatic rings. The molecule has 2 heterocycles. The fourth-order valence-corrected chi connectivity index (χ4v) is 5.81. The van der Waals surface area contributed by atoms with Crippen molar-refractivity contribution in [3.05, 3.63) is 21.4 Å². The maximum Gasteiger partial charge on any atom is 0.490 e. The van der Waals surface area contributed by atoms with Gasteiger partial charge in [-0.3, -0.25) is 9.09 Å². The summed E-state index contributed by atoms with van der Waals surface area (Å²) >= 11 is 9.66. The average molecular weight is 518 g/mol. The van der Waals surface area contributed by atoms with Crippen molar-refractivity contribution >= 4 is 47.9 Å². The summed E-state index contributed by atoms with van der Waals surface area (Å²) < 4.78 is 65.0. The highest BCUT2D eigenvalue weighted by molar-refractivity contribution is 7.72. The van der Waals surface area contributed by atoms with Crippen LogP contribution in [0.2, 0.25) is 0 Å². The highest BCUT2D eigenvalue weighted by atomic mass is 32.1. The lowest BCUT2D eigenvalue weighted by molar-refractivity contribution is -0.134. The predicted molar refractivity (Wildman–Crippen MR) is 94.4 cm³/mol. The molecule has 0 spiro atoms. The molecule has 0 aliphatic carbocycles. The fraction of sp³-hybridized carbons (Fsp3) is 0.556. The normalized spacial score (nSPS) is 29.3. The molecule has 1 aromatic heterocycles. The van der Waals surface area contributed by atoms with Crippen LogP contribution in [0.15, 0.2) is 6.20 Å². The molecule has 0 amide bonds. The summed E-state index contributed by atoms with van der Waals surface area (Å²) in [7, 11) is -16.9. The van der Waals surface area contributed by atoms with E-state index >= 15 is 0 Å².